The van der Waals surface area contributed by atoms with E-state index in [9.17, 15) is 19.2 Å². The van der Waals surface area contributed by atoms with Gasteiger partial charge in [-0.2, -0.15) is 0 Å². The van der Waals surface area contributed by atoms with Crippen molar-refractivity contribution >= 4 is 57.8 Å². The second-order valence-electron chi connectivity index (χ2n) is 10.3. The molecule has 12 heteroatoms. The van der Waals surface area contributed by atoms with Crippen LogP contribution in [0.5, 0.6) is 11.5 Å². The van der Waals surface area contributed by atoms with Crippen molar-refractivity contribution in [2.24, 2.45) is 11.8 Å². The third-order valence-electron chi connectivity index (χ3n) is 6.82. The summed E-state index contributed by atoms with van der Waals surface area (Å²) in [5.41, 5.74) is 0.952. The van der Waals surface area contributed by atoms with Gasteiger partial charge in [0.2, 0.25) is 11.8 Å². The van der Waals surface area contributed by atoms with Gasteiger partial charge in [0.15, 0.2) is 5.75 Å². The highest BCUT2D eigenvalue weighted by Crippen LogP contribution is 2.33. The van der Waals surface area contributed by atoms with Crippen LogP contribution in [0.3, 0.4) is 0 Å². The number of H-pyrrole nitrogens is 1. The van der Waals surface area contributed by atoms with Gasteiger partial charge in [-0.3, -0.25) is 14.4 Å². The van der Waals surface area contributed by atoms with Crippen LogP contribution in [0.4, 0.5) is 0 Å². The van der Waals surface area contributed by atoms with Crippen LogP contribution in [0.1, 0.15) is 43.6 Å². The number of carbonyl (C=O) groups is 4. The van der Waals surface area contributed by atoms with E-state index in [4.69, 9.17) is 32.7 Å². The van der Waals surface area contributed by atoms with Crippen molar-refractivity contribution in [2.45, 2.75) is 45.2 Å². The van der Waals surface area contributed by atoms with Crippen LogP contribution >= 0.6 is 23.2 Å². The van der Waals surface area contributed by atoms with Gasteiger partial charge in [-0.15, -0.1) is 0 Å². The van der Waals surface area contributed by atoms with E-state index in [0.717, 1.165) is 5.39 Å². The molecule has 1 fully saturated rings. The normalized spacial score (nSPS) is 16.2. The van der Waals surface area contributed by atoms with Crippen LogP contribution in [0.25, 0.3) is 10.9 Å². The molecule has 0 radical (unpaired) electrons. The molecule has 41 heavy (non-hydrogen) atoms. The lowest BCUT2D eigenvalue weighted by atomic mass is 9.97. The van der Waals surface area contributed by atoms with Crippen molar-refractivity contribution < 1.29 is 28.7 Å². The van der Waals surface area contributed by atoms with Gasteiger partial charge in [0.25, 0.3) is 5.91 Å². The first-order valence-electron chi connectivity index (χ1n) is 13.3. The minimum Gasteiger partial charge on any atom is -0.496 e. The number of rotatable bonds is 11. The fourth-order valence-electron chi connectivity index (χ4n) is 4.76. The average Bonchev–Trinajstić information content (AvgIpc) is 3.55. The maximum atomic E-state index is 13.6. The van der Waals surface area contributed by atoms with Gasteiger partial charge in [-0.1, -0.05) is 49.2 Å². The Morgan fingerprint density at radius 2 is 1.76 bits per heavy atom. The lowest BCUT2D eigenvalue weighted by molar-refractivity contribution is -0.140. The molecule has 1 aromatic heterocycles. The van der Waals surface area contributed by atoms with Gasteiger partial charge in [0.05, 0.1) is 17.2 Å². The molecule has 3 atom stereocenters. The quantitative estimate of drug-likeness (QED) is 0.191. The Labute approximate surface area is 247 Å². The Hall–Kier alpha value is -3.76. The summed E-state index contributed by atoms with van der Waals surface area (Å²) < 4.78 is 10.9. The third-order valence-corrected chi connectivity index (χ3v) is 7.42. The van der Waals surface area contributed by atoms with Gasteiger partial charge >= 0.3 is 5.97 Å². The summed E-state index contributed by atoms with van der Waals surface area (Å²) in [4.78, 5) is 55.4. The standard InChI is InChI=1S/C29H32Cl2N4O6/c1-15(2)12-21(34-28(38)22-14-17-20(33-22)8-5-9-24(17)40-3)27(37)35-23(13-16-10-11-32-26(16)36)29(39)41-25-18(30)6-4-7-19(25)31/h4-9,14-16,21,23,33H,10-13H2,1-3H3,(H,32,36)(H,34,38)(H,35,37)/t16-,21-,23-/m0/s1. The summed E-state index contributed by atoms with van der Waals surface area (Å²) >= 11 is 12.4. The van der Waals surface area contributed by atoms with Crippen LogP contribution < -0.4 is 25.4 Å². The number of hydrogen-bond acceptors (Lipinski definition) is 6. The van der Waals surface area contributed by atoms with Crippen LogP contribution in [0.15, 0.2) is 42.5 Å². The van der Waals surface area contributed by atoms with Crippen LogP contribution in [-0.2, 0) is 14.4 Å². The zero-order valence-electron chi connectivity index (χ0n) is 22.9. The Balaban J connectivity index is 1.54. The van der Waals surface area contributed by atoms with E-state index < -0.39 is 35.8 Å². The SMILES string of the molecule is COc1cccc2[nH]c(C(=O)N[C@@H](CC(C)C)C(=O)N[C@@H](C[C@@H]3CCNC3=O)C(=O)Oc3c(Cl)cccc3Cl)cc12. The second-order valence-corrected chi connectivity index (χ2v) is 11.1. The van der Waals surface area contributed by atoms with Gasteiger partial charge in [-0.05, 0) is 55.5 Å². The summed E-state index contributed by atoms with van der Waals surface area (Å²) in [6.07, 6.45) is 0.799. The van der Waals surface area contributed by atoms with Crippen LogP contribution in [-0.4, -0.2) is 54.4 Å². The van der Waals surface area contributed by atoms with Crippen molar-refractivity contribution in [3.63, 3.8) is 0 Å². The molecule has 0 bridgehead atoms. The average molecular weight is 604 g/mol. The zero-order valence-corrected chi connectivity index (χ0v) is 24.4. The van der Waals surface area contributed by atoms with Gasteiger partial charge in [-0.25, -0.2) is 4.79 Å². The Morgan fingerprint density at radius 3 is 2.39 bits per heavy atom. The van der Waals surface area contributed by atoms with Gasteiger partial charge in [0.1, 0.15) is 23.5 Å². The maximum Gasteiger partial charge on any atom is 0.334 e. The maximum absolute atomic E-state index is 13.6. The Morgan fingerprint density at radius 1 is 1.05 bits per heavy atom. The molecule has 2 aromatic carbocycles. The van der Waals surface area contributed by atoms with Crippen molar-refractivity contribution in [1.29, 1.82) is 0 Å². The van der Waals surface area contributed by atoms with E-state index in [-0.39, 0.29) is 39.7 Å². The number of hydrogen-bond donors (Lipinski definition) is 4. The number of carbonyl (C=O) groups excluding carboxylic acids is 4. The third kappa shape index (κ3) is 7.31. The molecule has 1 aliphatic rings. The number of aromatic nitrogens is 1. The van der Waals surface area contributed by atoms with Crippen molar-refractivity contribution in [2.75, 3.05) is 13.7 Å². The van der Waals surface area contributed by atoms with Crippen LogP contribution in [0, 0.1) is 11.8 Å². The highest BCUT2D eigenvalue weighted by Gasteiger charge is 2.35. The van der Waals surface area contributed by atoms with Gasteiger partial charge in [0, 0.05) is 23.4 Å². The van der Waals surface area contributed by atoms with Gasteiger partial charge < -0.3 is 30.4 Å². The summed E-state index contributed by atoms with van der Waals surface area (Å²) in [5, 5.41) is 9.18. The summed E-state index contributed by atoms with van der Waals surface area (Å²) in [5.74, 6) is -2.05. The lowest BCUT2D eigenvalue weighted by Gasteiger charge is -2.25. The van der Waals surface area contributed by atoms with E-state index in [0.29, 0.717) is 30.7 Å². The molecule has 4 rings (SSSR count). The van der Waals surface area contributed by atoms with E-state index >= 15 is 0 Å². The molecular weight excluding hydrogens is 571 g/mol. The summed E-state index contributed by atoms with van der Waals surface area (Å²) in [6.45, 7) is 4.29. The van der Waals surface area contributed by atoms with E-state index in [1.54, 1.807) is 31.4 Å². The molecule has 0 spiro atoms. The minimum atomic E-state index is -1.20. The Kier molecular flexibility index (Phi) is 9.77. The molecule has 3 amide bonds. The topological polar surface area (TPSA) is 139 Å². The predicted octanol–water partition coefficient (Wildman–Crippen LogP) is 4.24. The monoisotopic (exact) mass is 602 g/mol. The first-order chi connectivity index (χ1) is 19.6. The number of aromatic amines is 1. The second kappa shape index (κ2) is 13.3. The number of methoxy groups -OCH3 is 1. The first kappa shape index (κ1) is 30.2. The number of benzene rings is 2. The van der Waals surface area contributed by atoms with E-state index in [1.807, 2.05) is 19.9 Å². The molecule has 2 heterocycles. The highest BCUT2D eigenvalue weighted by atomic mass is 35.5. The number of ether oxygens (including phenoxy) is 2. The first-order valence-corrected chi connectivity index (χ1v) is 14.0. The molecule has 10 nitrogen and oxygen atoms in total. The van der Waals surface area contributed by atoms with E-state index in [2.05, 4.69) is 20.9 Å². The number of amides is 3. The number of fused-ring (bicyclic) bond motifs is 1. The summed E-state index contributed by atoms with van der Waals surface area (Å²) in [6, 6.07) is 9.50. The molecule has 0 unspecified atom stereocenters. The molecule has 0 saturated carbocycles. The molecule has 4 N–H and O–H groups in total. The fraction of sp³-hybridized carbons (Fsp3) is 0.379. The number of nitrogens with one attached hydrogen (secondary N) is 4. The van der Waals surface area contributed by atoms with Crippen molar-refractivity contribution in [3.8, 4) is 11.5 Å². The largest absolute Gasteiger partial charge is 0.496 e. The molecule has 1 aliphatic heterocycles. The Bertz CT molecular complexity index is 1440. The van der Waals surface area contributed by atoms with E-state index in [1.165, 1.54) is 12.1 Å². The smallest absolute Gasteiger partial charge is 0.334 e. The predicted molar refractivity (Wildman–Crippen MR) is 155 cm³/mol. The molecule has 1 saturated heterocycles. The molecule has 218 valence electrons. The fourth-order valence-corrected chi connectivity index (χ4v) is 5.23. The molecular formula is C29H32Cl2N4O6. The lowest BCUT2D eigenvalue weighted by Crippen LogP contribution is -2.53. The minimum absolute atomic E-state index is 0.00261. The molecule has 3 aromatic rings. The zero-order chi connectivity index (χ0) is 29.7. The number of para-hydroxylation sites is 1. The summed E-state index contributed by atoms with van der Waals surface area (Å²) in [7, 11) is 1.54. The highest BCUT2D eigenvalue weighted by molar-refractivity contribution is 6.37. The number of esters is 1. The molecule has 0 aliphatic carbocycles. The van der Waals surface area contributed by atoms with Crippen LogP contribution in [0.2, 0.25) is 10.0 Å². The van der Waals surface area contributed by atoms with Crippen molar-refractivity contribution in [1.82, 2.24) is 20.9 Å². The van der Waals surface area contributed by atoms with Crippen molar-refractivity contribution in [3.05, 3.63) is 58.2 Å². The number of halogens is 2.